The lowest BCUT2D eigenvalue weighted by molar-refractivity contribution is -0.122. The number of piperidine rings is 1. The SMILES string of the molecule is CCn1c(=NC(=O)C2CCCCN2S(C)(=O)=O)sc2cccc(OC)c21. The van der Waals surface area contributed by atoms with Crippen molar-refractivity contribution in [2.24, 2.45) is 4.99 Å². The van der Waals surface area contributed by atoms with E-state index in [0.29, 0.717) is 24.3 Å². The fourth-order valence-electron chi connectivity index (χ4n) is 3.36. The van der Waals surface area contributed by atoms with Gasteiger partial charge in [0.15, 0.2) is 4.80 Å². The number of nitrogens with zero attached hydrogens (tertiary/aromatic N) is 3. The summed E-state index contributed by atoms with van der Waals surface area (Å²) in [5.41, 5.74) is 0.901. The highest BCUT2D eigenvalue weighted by Gasteiger charge is 2.34. The molecule has 1 aromatic heterocycles. The number of aromatic nitrogens is 1. The van der Waals surface area contributed by atoms with E-state index in [-0.39, 0.29) is 0 Å². The zero-order valence-corrected chi connectivity index (χ0v) is 16.8. The molecule has 1 atom stereocenters. The van der Waals surface area contributed by atoms with Crippen LogP contribution in [-0.2, 0) is 21.4 Å². The Hall–Kier alpha value is -1.71. The second-order valence-corrected chi connectivity index (χ2v) is 9.22. The Morgan fingerprint density at radius 3 is 2.81 bits per heavy atom. The summed E-state index contributed by atoms with van der Waals surface area (Å²) in [6, 6.07) is 5.02. The number of amides is 1. The number of hydrogen-bond donors (Lipinski definition) is 0. The topological polar surface area (TPSA) is 81.0 Å². The van der Waals surface area contributed by atoms with E-state index in [9.17, 15) is 13.2 Å². The maximum absolute atomic E-state index is 12.8. The van der Waals surface area contributed by atoms with Gasteiger partial charge in [0.25, 0.3) is 5.91 Å². The maximum Gasteiger partial charge on any atom is 0.266 e. The summed E-state index contributed by atoms with van der Waals surface area (Å²) >= 11 is 1.41. The molecule has 2 aromatic rings. The van der Waals surface area contributed by atoms with Crippen molar-refractivity contribution in [3.63, 3.8) is 0 Å². The summed E-state index contributed by atoms with van der Waals surface area (Å²) in [6.07, 6.45) is 3.25. The maximum atomic E-state index is 12.8. The Kier molecular flexibility index (Phi) is 5.50. The second-order valence-electron chi connectivity index (χ2n) is 6.27. The van der Waals surface area contributed by atoms with Crippen molar-refractivity contribution in [3.8, 4) is 5.75 Å². The molecule has 0 radical (unpaired) electrons. The minimum absolute atomic E-state index is 0.374. The quantitative estimate of drug-likeness (QED) is 0.790. The predicted octanol–water partition coefficient (Wildman–Crippen LogP) is 1.97. The fraction of sp³-hybridized carbons (Fsp3) is 0.529. The number of methoxy groups -OCH3 is 1. The number of aryl methyl sites for hydroxylation is 1. The minimum Gasteiger partial charge on any atom is -0.495 e. The van der Waals surface area contributed by atoms with Crippen LogP contribution in [0.25, 0.3) is 10.2 Å². The van der Waals surface area contributed by atoms with Crippen molar-refractivity contribution in [1.29, 1.82) is 0 Å². The summed E-state index contributed by atoms with van der Waals surface area (Å²) in [5.74, 6) is 0.327. The number of sulfonamides is 1. The van der Waals surface area contributed by atoms with Crippen LogP contribution in [0.3, 0.4) is 0 Å². The molecule has 1 fully saturated rings. The van der Waals surface area contributed by atoms with Crippen molar-refractivity contribution in [2.75, 3.05) is 19.9 Å². The third-order valence-corrected chi connectivity index (χ3v) is 6.90. The zero-order chi connectivity index (χ0) is 18.9. The van der Waals surface area contributed by atoms with Crippen LogP contribution in [0.5, 0.6) is 5.75 Å². The van der Waals surface area contributed by atoms with Gasteiger partial charge in [-0.1, -0.05) is 23.8 Å². The molecular formula is C17H23N3O4S2. The average Bonchev–Trinajstić information content (AvgIpc) is 2.97. The number of ether oxygens (including phenoxy) is 1. The van der Waals surface area contributed by atoms with E-state index in [1.807, 2.05) is 29.7 Å². The van der Waals surface area contributed by atoms with E-state index in [0.717, 1.165) is 35.1 Å². The van der Waals surface area contributed by atoms with E-state index < -0.39 is 22.0 Å². The summed E-state index contributed by atoms with van der Waals surface area (Å²) < 4.78 is 33.7. The molecule has 0 spiro atoms. The highest BCUT2D eigenvalue weighted by molar-refractivity contribution is 7.88. The van der Waals surface area contributed by atoms with Crippen molar-refractivity contribution in [3.05, 3.63) is 23.0 Å². The molecule has 1 aliphatic rings. The van der Waals surface area contributed by atoms with Gasteiger partial charge in [0, 0.05) is 13.1 Å². The lowest BCUT2D eigenvalue weighted by atomic mass is 10.0. The number of carbonyl (C=O) groups is 1. The second kappa shape index (κ2) is 7.50. The standard InChI is InChI=1S/C17H23N3O4S2/c1-4-19-15-13(24-2)9-7-10-14(15)25-17(19)18-16(21)12-8-5-6-11-20(12)26(3,22)23/h7,9-10,12H,4-6,8,11H2,1-3H3. The van der Waals surface area contributed by atoms with Crippen LogP contribution in [0.2, 0.25) is 0 Å². The van der Waals surface area contributed by atoms with Crippen LogP contribution in [0.4, 0.5) is 0 Å². The normalized spacial score (nSPS) is 19.8. The number of para-hydroxylation sites is 1. The molecule has 1 aliphatic heterocycles. The van der Waals surface area contributed by atoms with Gasteiger partial charge in [0.05, 0.1) is 18.1 Å². The van der Waals surface area contributed by atoms with Crippen molar-refractivity contribution in [1.82, 2.24) is 8.87 Å². The molecule has 1 unspecified atom stereocenters. The molecule has 26 heavy (non-hydrogen) atoms. The van der Waals surface area contributed by atoms with Gasteiger partial charge in [-0.2, -0.15) is 9.30 Å². The Balaban J connectivity index is 2.08. The number of carbonyl (C=O) groups excluding carboxylic acids is 1. The fourth-order valence-corrected chi connectivity index (χ4v) is 5.59. The smallest absolute Gasteiger partial charge is 0.266 e. The first kappa shape index (κ1) is 19.1. The summed E-state index contributed by atoms with van der Waals surface area (Å²) in [6.45, 7) is 2.98. The highest BCUT2D eigenvalue weighted by Crippen LogP contribution is 2.27. The molecule has 142 valence electrons. The molecule has 2 heterocycles. The molecule has 9 heteroatoms. The Morgan fingerprint density at radius 2 is 2.15 bits per heavy atom. The molecule has 7 nitrogen and oxygen atoms in total. The number of thiazole rings is 1. The first-order chi connectivity index (χ1) is 12.4. The van der Waals surface area contributed by atoms with Crippen LogP contribution in [0, 0.1) is 0 Å². The van der Waals surface area contributed by atoms with Crippen LogP contribution in [-0.4, -0.2) is 49.1 Å². The Labute approximate surface area is 157 Å². The molecule has 1 aromatic carbocycles. The zero-order valence-electron chi connectivity index (χ0n) is 15.1. The lowest BCUT2D eigenvalue weighted by Gasteiger charge is -2.31. The number of benzene rings is 1. The van der Waals surface area contributed by atoms with Crippen LogP contribution in [0.1, 0.15) is 26.2 Å². The van der Waals surface area contributed by atoms with Crippen LogP contribution >= 0.6 is 11.3 Å². The van der Waals surface area contributed by atoms with E-state index >= 15 is 0 Å². The molecule has 3 rings (SSSR count). The van der Waals surface area contributed by atoms with Gasteiger partial charge in [0.1, 0.15) is 17.3 Å². The van der Waals surface area contributed by atoms with Gasteiger partial charge in [-0.15, -0.1) is 0 Å². The number of fused-ring (bicyclic) bond motifs is 1. The van der Waals surface area contributed by atoms with E-state index in [4.69, 9.17) is 4.74 Å². The summed E-state index contributed by atoms with van der Waals surface area (Å²) in [4.78, 5) is 17.7. The lowest BCUT2D eigenvalue weighted by Crippen LogP contribution is -2.47. The molecule has 1 saturated heterocycles. The third kappa shape index (κ3) is 3.56. The molecule has 0 saturated carbocycles. The largest absolute Gasteiger partial charge is 0.495 e. The molecule has 0 bridgehead atoms. The van der Waals surface area contributed by atoms with Crippen molar-refractivity contribution in [2.45, 2.75) is 38.8 Å². The van der Waals surface area contributed by atoms with Gasteiger partial charge in [-0.25, -0.2) is 8.42 Å². The van der Waals surface area contributed by atoms with Gasteiger partial charge in [-0.05, 0) is 31.9 Å². The van der Waals surface area contributed by atoms with Crippen molar-refractivity contribution >= 4 is 37.5 Å². The van der Waals surface area contributed by atoms with Gasteiger partial charge < -0.3 is 9.30 Å². The first-order valence-corrected chi connectivity index (χ1v) is 11.2. The van der Waals surface area contributed by atoms with E-state index in [1.54, 1.807) is 7.11 Å². The summed E-state index contributed by atoms with van der Waals surface area (Å²) in [5, 5.41) is 0. The molecular weight excluding hydrogens is 374 g/mol. The van der Waals surface area contributed by atoms with Gasteiger partial charge in [-0.3, -0.25) is 4.79 Å². The van der Waals surface area contributed by atoms with Gasteiger partial charge >= 0.3 is 0 Å². The summed E-state index contributed by atoms with van der Waals surface area (Å²) in [7, 11) is -1.82. The monoisotopic (exact) mass is 397 g/mol. The molecule has 0 N–H and O–H groups in total. The van der Waals surface area contributed by atoms with E-state index in [1.165, 1.54) is 15.6 Å². The Bertz CT molecular complexity index is 991. The molecule has 0 aliphatic carbocycles. The first-order valence-electron chi connectivity index (χ1n) is 8.58. The van der Waals surface area contributed by atoms with E-state index in [2.05, 4.69) is 4.99 Å². The van der Waals surface area contributed by atoms with Crippen LogP contribution in [0.15, 0.2) is 23.2 Å². The minimum atomic E-state index is -3.43. The molecule has 1 amide bonds. The van der Waals surface area contributed by atoms with Crippen LogP contribution < -0.4 is 9.54 Å². The third-order valence-electron chi connectivity index (χ3n) is 4.57. The van der Waals surface area contributed by atoms with Gasteiger partial charge in [0.2, 0.25) is 10.0 Å². The Morgan fingerprint density at radius 1 is 1.38 bits per heavy atom. The predicted molar refractivity (Wildman–Crippen MR) is 102 cm³/mol. The average molecular weight is 398 g/mol. The number of rotatable bonds is 4. The number of hydrogen-bond acceptors (Lipinski definition) is 5. The highest BCUT2D eigenvalue weighted by atomic mass is 32.2. The van der Waals surface area contributed by atoms with Crippen molar-refractivity contribution < 1.29 is 17.9 Å².